The van der Waals surface area contributed by atoms with Crippen molar-refractivity contribution in [2.75, 3.05) is 6.54 Å². The van der Waals surface area contributed by atoms with Gasteiger partial charge < -0.3 is 9.52 Å². The molecular formula is C24H28N2O3S. The van der Waals surface area contributed by atoms with E-state index in [0.717, 1.165) is 24.0 Å². The van der Waals surface area contributed by atoms with Gasteiger partial charge in [0, 0.05) is 35.6 Å². The van der Waals surface area contributed by atoms with E-state index < -0.39 is 5.63 Å². The number of phenols is 1. The number of hydrogen-bond donors (Lipinski definition) is 1. The minimum Gasteiger partial charge on any atom is -0.507 e. The first-order chi connectivity index (χ1) is 14.1. The maximum atomic E-state index is 12.8. The fraction of sp³-hybridized carbons (Fsp3) is 0.500. The highest BCUT2D eigenvalue weighted by atomic mass is 32.1. The number of aryl methyl sites for hydroxylation is 1. The van der Waals surface area contributed by atoms with Gasteiger partial charge in [-0.05, 0) is 55.2 Å². The summed E-state index contributed by atoms with van der Waals surface area (Å²) in [7, 11) is 0. The Hall–Kier alpha value is -2.18. The second-order valence-corrected chi connectivity index (χ2v) is 11.2. The van der Waals surface area contributed by atoms with E-state index in [-0.39, 0.29) is 5.75 Å². The number of fused-ring (bicyclic) bond motifs is 3. The quantitative estimate of drug-likeness (QED) is 0.576. The van der Waals surface area contributed by atoms with Gasteiger partial charge in [-0.15, -0.1) is 11.3 Å². The van der Waals surface area contributed by atoms with Crippen molar-refractivity contribution in [1.82, 2.24) is 9.88 Å². The summed E-state index contributed by atoms with van der Waals surface area (Å²) in [5.41, 5.74) is 2.80. The van der Waals surface area contributed by atoms with Crippen LogP contribution in [-0.4, -0.2) is 27.6 Å². The lowest BCUT2D eigenvalue weighted by atomic mass is 9.65. The summed E-state index contributed by atoms with van der Waals surface area (Å²) in [5.74, 6) is 0.189. The summed E-state index contributed by atoms with van der Waals surface area (Å²) in [5, 5.41) is 14.1. The van der Waals surface area contributed by atoms with Crippen LogP contribution in [0.15, 0.2) is 32.8 Å². The molecule has 3 aromatic rings. The standard InChI is InChI=1S/C24H28N2O3S/c1-14-11-30-21(25-14)17-7-15-5-6-19(27)18(20(15)29-22(17)28)10-26-13-24(4)9-16(26)8-23(2,3)12-24/h5-7,11,16,27H,8-10,12-13H2,1-4H3/t16-,24-/m0/s1. The van der Waals surface area contributed by atoms with Crippen molar-refractivity contribution in [3.63, 3.8) is 0 Å². The van der Waals surface area contributed by atoms with Gasteiger partial charge in [0.25, 0.3) is 0 Å². The first-order valence-corrected chi connectivity index (χ1v) is 11.5. The van der Waals surface area contributed by atoms with Gasteiger partial charge >= 0.3 is 5.63 Å². The molecule has 2 aliphatic rings. The van der Waals surface area contributed by atoms with Crippen LogP contribution in [-0.2, 0) is 6.54 Å². The van der Waals surface area contributed by atoms with Gasteiger partial charge in [-0.2, -0.15) is 0 Å². The van der Waals surface area contributed by atoms with Crippen LogP contribution < -0.4 is 5.63 Å². The van der Waals surface area contributed by atoms with E-state index in [1.807, 2.05) is 24.4 Å². The number of thiazole rings is 1. The van der Waals surface area contributed by atoms with E-state index in [0.29, 0.717) is 45.1 Å². The third kappa shape index (κ3) is 3.36. The molecule has 158 valence electrons. The van der Waals surface area contributed by atoms with Crippen LogP contribution in [0.25, 0.3) is 21.5 Å². The molecule has 5 rings (SSSR count). The molecule has 1 aliphatic heterocycles. The van der Waals surface area contributed by atoms with Crippen LogP contribution in [0.2, 0.25) is 0 Å². The fourth-order valence-corrected chi connectivity index (χ4v) is 6.78. The van der Waals surface area contributed by atoms with Crippen molar-refractivity contribution < 1.29 is 9.52 Å². The normalized spacial score (nSPS) is 25.8. The van der Waals surface area contributed by atoms with Gasteiger partial charge in [0.15, 0.2) is 0 Å². The van der Waals surface area contributed by atoms with E-state index in [4.69, 9.17) is 4.42 Å². The second kappa shape index (κ2) is 6.66. The molecule has 5 nitrogen and oxygen atoms in total. The molecular weight excluding hydrogens is 396 g/mol. The molecule has 1 aromatic carbocycles. The Bertz CT molecular complexity index is 1190. The first-order valence-electron chi connectivity index (χ1n) is 10.6. The molecule has 2 bridgehead atoms. The van der Waals surface area contributed by atoms with Crippen molar-refractivity contribution in [2.24, 2.45) is 10.8 Å². The molecule has 1 aliphatic carbocycles. The van der Waals surface area contributed by atoms with E-state index in [1.165, 1.54) is 24.2 Å². The van der Waals surface area contributed by atoms with Gasteiger partial charge in [0.05, 0.1) is 11.1 Å². The Morgan fingerprint density at radius 1 is 1.30 bits per heavy atom. The largest absolute Gasteiger partial charge is 0.507 e. The Labute approximate surface area is 180 Å². The lowest BCUT2D eigenvalue weighted by Crippen LogP contribution is -2.34. The molecule has 0 unspecified atom stereocenters. The highest BCUT2D eigenvalue weighted by Crippen LogP contribution is 2.53. The number of benzene rings is 1. The average molecular weight is 425 g/mol. The molecule has 30 heavy (non-hydrogen) atoms. The Balaban J connectivity index is 1.54. The van der Waals surface area contributed by atoms with Crippen LogP contribution in [0.4, 0.5) is 0 Å². The molecule has 0 spiro atoms. The minimum atomic E-state index is -0.406. The maximum Gasteiger partial charge on any atom is 0.346 e. The lowest BCUT2D eigenvalue weighted by molar-refractivity contribution is 0.126. The van der Waals surface area contributed by atoms with Crippen molar-refractivity contribution >= 4 is 22.3 Å². The zero-order chi connectivity index (χ0) is 21.3. The fourth-order valence-electron chi connectivity index (χ4n) is 5.98. The van der Waals surface area contributed by atoms with Crippen molar-refractivity contribution in [1.29, 1.82) is 0 Å². The van der Waals surface area contributed by atoms with Crippen LogP contribution in [0.3, 0.4) is 0 Å². The van der Waals surface area contributed by atoms with Crippen molar-refractivity contribution in [3.05, 3.63) is 45.3 Å². The summed E-state index contributed by atoms with van der Waals surface area (Å²) in [4.78, 5) is 19.7. The number of likely N-dealkylation sites (tertiary alicyclic amines) is 1. The third-order valence-electron chi connectivity index (χ3n) is 6.71. The minimum absolute atomic E-state index is 0.189. The number of aromatic nitrogens is 1. The van der Waals surface area contributed by atoms with Crippen molar-refractivity contribution in [3.8, 4) is 16.3 Å². The number of aromatic hydroxyl groups is 1. The molecule has 3 heterocycles. The topological polar surface area (TPSA) is 66.6 Å². The third-order valence-corrected chi connectivity index (χ3v) is 7.71. The van der Waals surface area contributed by atoms with Gasteiger partial charge in [0.1, 0.15) is 16.3 Å². The van der Waals surface area contributed by atoms with E-state index in [9.17, 15) is 9.90 Å². The van der Waals surface area contributed by atoms with Crippen LogP contribution in [0.1, 0.15) is 51.3 Å². The molecule has 1 saturated heterocycles. The number of nitrogens with zero attached hydrogens (tertiary/aromatic N) is 2. The SMILES string of the molecule is Cc1csc(-c2cc3ccc(O)c(CN4C[C@@]5(C)C[C@@H]4CC(C)(C)C5)c3oc2=O)n1. The predicted octanol–water partition coefficient (Wildman–Crippen LogP) is 5.33. The molecule has 0 amide bonds. The highest BCUT2D eigenvalue weighted by molar-refractivity contribution is 7.13. The maximum absolute atomic E-state index is 12.8. The summed E-state index contributed by atoms with van der Waals surface area (Å²) >= 11 is 1.44. The lowest BCUT2D eigenvalue weighted by Gasteiger charge is -2.40. The van der Waals surface area contributed by atoms with Gasteiger partial charge in [-0.25, -0.2) is 9.78 Å². The molecule has 2 fully saturated rings. The number of rotatable bonds is 3. The molecule has 1 saturated carbocycles. The second-order valence-electron chi connectivity index (χ2n) is 10.3. The van der Waals surface area contributed by atoms with Crippen LogP contribution in [0.5, 0.6) is 5.75 Å². The number of phenolic OH excluding ortho intramolecular Hbond substituents is 1. The van der Waals surface area contributed by atoms with Gasteiger partial charge in [0.2, 0.25) is 0 Å². The summed E-state index contributed by atoms with van der Waals surface area (Å²) in [6, 6.07) is 5.86. The van der Waals surface area contributed by atoms with E-state index >= 15 is 0 Å². The zero-order valence-electron chi connectivity index (χ0n) is 18.0. The van der Waals surface area contributed by atoms with E-state index in [1.54, 1.807) is 6.07 Å². The van der Waals surface area contributed by atoms with Crippen LogP contribution >= 0.6 is 11.3 Å². The van der Waals surface area contributed by atoms with Gasteiger partial charge in [-0.1, -0.05) is 20.8 Å². The molecule has 2 atom stereocenters. The molecule has 2 aromatic heterocycles. The predicted molar refractivity (Wildman–Crippen MR) is 120 cm³/mol. The average Bonchev–Trinajstić information content (AvgIpc) is 3.16. The zero-order valence-corrected chi connectivity index (χ0v) is 18.8. The summed E-state index contributed by atoms with van der Waals surface area (Å²) in [6.07, 6.45) is 3.57. The molecule has 1 N–H and O–H groups in total. The Kier molecular flexibility index (Phi) is 4.39. The Morgan fingerprint density at radius 2 is 2.10 bits per heavy atom. The van der Waals surface area contributed by atoms with Gasteiger partial charge in [-0.3, -0.25) is 4.90 Å². The number of hydrogen-bond acceptors (Lipinski definition) is 6. The monoisotopic (exact) mass is 424 g/mol. The first kappa shape index (κ1) is 19.8. The summed E-state index contributed by atoms with van der Waals surface area (Å²) in [6.45, 7) is 10.6. The van der Waals surface area contributed by atoms with E-state index in [2.05, 4.69) is 30.7 Å². The molecule has 6 heteroatoms. The van der Waals surface area contributed by atoms with Crippen molar-refractivity contribution in [2.45, 2.75) is 59.5 Å². The van der Waals surface area contributed by atoms with Crippen LogP contribution in [0, 0.1) is 17.8 Å². The molecule has 0 radical (unpaired) electrons. The highest BCUT2D eigenvalue weighted by Gasteiger charge is 2.49. The summed E-state index contributed by atoms with van der Waals surface area (Å²) < 4.78 is 5.78. The Morgan fingerprint density at radius 3 is 2.83 bits per heavy atom. The smallest absolute Gasteiger partial charge is 0.346 e.